The third kappa shape index (κ3) is 11.5. The third-order valence-electron chi connectivity index (χ3n) is 6.26. The maximum absolute atomic E-state index is 6.00. The minimum absolute atomic E-state index is 0.334. The fourth-order valence-corrected chi connectivity index (χ4v) is 3.91. The molecular weight excluding hydrogens is 408 g/mol. The van der Waals surface area contributed by atoms with E-state index in [4.69, 9.17) is 9.47 Å². The summed E-state index contributed by atoms with van der Waals surface area (Å²) < 4.78 is 11.8. The molecule has 4 nitrogen and oxygen atoms in total. The highest BCUT2D eigenvalue weighted by Gasteiger charge is 2.17. The zero-order valence-electron chi connectivity index (χ0n) is 21.6. The summed E-state index contributed by atoms with van der Waals surface area (Å²) in [7, 11) is 0. The van der Waals surface area contributed by atoms with Crippen LogP contribution in [0.3, 0.4) is 0 Å². The Balaban J connectivity index is 1.70. The van der Waals surface area contributed by atoms with E-state index in [-0.39, 0.29) is 0 Å². The van der Waals surface area contributed by atoms with Crippen LogP contribution >= 0.6 is 0 Å². The first kappa shape index (κ1) is 27.1. The molecule has 0 fully saturated rings. The molecule has 0 bridgehead atoms. The Morgan fingerprint density at radius 1 is 0.636 bits per heavy atom. The molecule has 0 aliphatic rings. The van der Waals surface area contributed by atoms with Crippen LogP contribution in [-0.2, 0) is 0 Å². The maximum atomic E-state index is 6.00. The zero-order chi connectivity index (χ0) is 23.8. The molecule has 1 heterocycles. The molecule has 0 saturated carbocycles. The number of benzene rings is 1. The van der Waals surface area contributed by atoms with E-state index in [2.05, 4.69) is 37.7 Å². The second kappa shape index (κ2) is 15.7. The fraction of sp³-hybridized carbons (Fsp3) is 0.655. The lowest BCUT2D eigenvalue weighted by atomic mass is 9.84. The van der Waals surface area contributed by atoms with Gasteiger partial charge in [0.1, 0.15) is 5.75 Å². The first-order chi connectivity index (χ1) is 16.0. The van der Waals surface area contributed by atoms with E-state index in [1.807, 2.05) is 24.3 Å². The summed E-state index contributed by atoms with van der Waals surface area (Å²) in [6.07, 6.45) is 18.7. The summed E-state index contributed by atoms with van der Waals surface area (Å²) in [4.78, 5) is 8.95. The van der Waals surface area contributed by atoms with Gasteiger partial charge in [0.05, 0.1) is 25.6 Å². The van der Waals surface area contributed by atoms with Gasteiger partial charge in [-0.3, -0.25) is 0 Å². The lowest BCUT2D eigenvalue weighted by Crippen LogP contribution is -2.15. The van der Waals surface area contributed by atoms with Crippen molar-refractivity contribution >= 4 is 0 Å². The smallest absolute Gasteiger partial charge is 0.159 e. The highest BCUT2D eigenvalue weighted by molar-refractivity contribution is 5.56. The minimum Gasteiger partial charge on any atom is -0.494 e. The van der Waals surface area contributed by atoms with Gasteiger partial charge in [0.15, 0.2) is 11.6 Å². The molecule has 0 unspecified atom stereocenters. The van der Waals surface area contributed by atoms with Crippen molar-refractivity contribution in [3.05, 3.63) is 36.7 Å². The van der Waals surface area contributed by atoms with Crippen LogP contribution in [0.25, 0.3) is 11.4 Å². The van der Waals surface area contributed by atoms with Gasteiger partial charge in [0, 0.05) is 5.56 Å². The second-order valence-corrected chi connectivity index (χ2v) is 9.96. The Kier molecular flexibility index (Phi) is 12.9. The van der Waals surface area contributed by atoms with E-state index in [1.54, 1.807) is 12.4 Å². The third-order valence-corrected chi connectivity index (χ3v) is 6.26. The van der Waals surface area contributed by atoms with E-state index < -0.39 is 0 Å². The monoisotopic (exact) mass is 454 g/mol. The van der Waals surface area contributed by atoms with E-state index in [9.17, 15) is 0 Å². The molecule has 184 valence electrons. The van der Waals surface area contributed by atoms with Gasteiger partial charge in [-0.25, -0.2) is 9.97 Å². The van der Waals surface area contributed by atoms with Gasteiger partial charge < -0.3 is 9.47 Å². The van der Waals surface area contributed by atoms with Crippen molar-refractivity contribution in [1.82, 2.24) is 9.97 Å². The summed E-state index contributed by atoms with van der Waals surface area (Å²) in [5.41, 5.74) is 1.32. The Hall–Kier alpha value is -2.10. The molecule has 0 saturated heterocycles. The van der Waals surface area contributed by atoms with E-state index >= 15 is 0 Å². The molecule has 4 heteroatoms. The molecule has 0 aliphatic heterocycles. The van der Waals surface area contributed by atoms with Crippen molar-refractivity contribution in [2.75, 3.05) is 13.2 Å². The van der Waals surface area contributed by atoms with Gasteiger partial charge in [0.2, 0.25) is 0 Å². The molecule has 1 aromatic carbocycles. The number of ether oxygens (including phenoxy) is 2. The Morgan fingerprint density at radius 2 is 1.21 bits per heavy atom. The fourth-order valence-electron chi connectivity index (χ4n) is 3.91. The topological polar surface area (TPSA) is 44.2 Å². The van der Waals surface area contributed by atoms with Gasteiger partial charge in [-0.15, -0.1) is 0 Å². The largest absolute Gasteiger partial charge is 0.494 e. The summed E-state index contributed by atoms with van der Waals surface area (Å²) in [6.45, 7) is 10.7. The second-order valence-electron chi connectivity index (χ2n) is 9.96. The van der Waals surface area contributed by atoms with Crippen LogP contribution in [0.5, 0.6) is 11.5 Å². The Labute approximate surface area is 202 Å². The van der Waals surface area contributed by atoms with Crippen LogP contribution in [0, 0.1) is 5.41 Å². The highest BCUT2D eigenvalue weighted by Crippen LogP contribution is 2.28. The van der Waals surface area contributed by atoms with Crippen molar-refractivity contribution in [1.29, 1.82) is 0 Å². The average molecular weight is 455 g/mol. The molecule has 0 spiro atoms. The van der Waals surface area contributed by atoms with Crippen LogP contribution in [0.15, 0.2) is 36.7 Å². The predicted molar refractivity (Wildman–Crippen MR) is 139 cm³/mol. The molecule has 33 heavy (non-hydrogen) atoms. The Bertz CT molecular complexity index is 741. The lowest BCUT2D eigenvalue weighted by Gasteiger charge is -2.24. The summed E-state index contributed by atoms with van der Waals surface area (Å²) in [6, 6.07) is 8.07. The maximum Gasteiger partial charge on any atom is 0.159 e. The summed E-state index contributed by atoms with van der Waals surface area (Å²) >= 11 is 0. The molecule has 2 rings (SSSR count). The van der Waals surface area contributed by atoms with E-state index in [0.29, 0.717) is 11.2 Å². The SMILES string of the molecule is CCCCCCCCOc1cnc(-c2ccc(OCCC(C)(C)CCCCCC)cc2)nc1. The van der Waals surface area contributed by atoms with Gasteiger partial charge in [-0.1, -0.05) is 85.5 Å². The van der Waals surface area contributed by atoms with Crippen molar-refractivity contribution in [3.8, 4) is 22.9 Å². The standard InChI is InChI=1S/C29H46N2O2/c1-5-7-9-11-12-14-21-32-27-23-30-28(31-24-27)25-15-17-26(18-16-25)33-22-20-29(3,4)19-13-10-8-6-2/h15-18,23-24H,5-14,19-22H2,1-4H3. The number of rotatable bonds is 18. The molecule has 0 atom stereocenters. The normalized spacial score (nSPS) is 11.5. The number of hydrogen-bond acceptors (Lipinski definition) is 4. The molecule has 0 radical (unpaired) electrons. The number of hydrogen-bond donors (Lipinski definition) is 0. The molecule has 0 aliphatic carbocycles. The van der Waals surface area contributed by atoms with Crippen molar-refractivity contribution in [2.45, 2.75) is 105 Å². The van der Waals surface area contributed by atoms with Crippen LogP contribution < -0.4 is 9.47 Å². The average Bonchev–Trinajstić information content (AvgIpc) is 2.82. The quantitative estimate of drug-likeness (QED) is 0.211. The van der Waals surface area contributed by atoms with Gasteiger partial charge in [-0.2, -0.15) is 0 Å². The number of aromatic nitrogens is 2. The van der Waals surface area contributed by atoms with E-state index in [0.717, 1.165) is 43.1 Å². The van der Waals surface area contributed by atoms with Crippen molar-refractivity contribution in [2.24, 2.45) is 5.41 Å². The van der Waals surface area contributed by atoms with Crippen LogP contribution in [0.2, 0.25) is 0 Å². The van der Waals surface area contributed by atoms with Crippen molar-refractivity contribution < 1.29 is 9.47 Å². The number of unbranched alkanes of at least 4 members (excludes halogenated alkanes) is 8. The van der Waals surface area contributed by atoms with Gasteiger partial charge in [-0.05, 0) is 48.9 Å². The Morgan fingerprint density at radius 3 is 1.88 bits per heavy atom. The van der Waals surface area contributed by atoms with Crippen molar-refractivity contribution in [3.63, 3.8) is 0 Å². The predicted octanol–water partition coefficient (Wildman–Crippen LogP) is 8.65. The summed E-state index contributed by atoms with van der Waals surface area (Å²) in [5, 5.41) is 0. The lowest BCUT2D eigenvalue weighted by molar-refractivity contribution is 0.212. The highest BCUT2D eigenvalue weighted by atomic mass is 16.5. The molecular formula is C29H46N2O2. The molecule has 0 amide bonds. The summed E-state index contributed by atoms with van der Waals surface area (Å²) in [5.74, 6) is 2.35. The molecule has 0 N–H and O–H groups in total. The van der Waals surface area contributed by atoms with Gasteiger partial charge in [0.25, 0.3) is 0 Å². The first-order valence-corrected chi connectivity index (χ1v) is 13.2. The minimum atomic E-state index is 0.334. The number of nitrogens with zero attached hydrogens (tertiary/aromatic N) is 2. The van der Waals surface area contributed by atoms with E-state index in [1.165, 1.54) is 64.2 Å². The molecule has 1 aromatic heterocycles. The molecule has 2 aromatic rings. The first-order valence-electron chi connectivity index (χ1n) is 13.2. The van der Waals surface area contributed by atoms with Gasteiger partial charge >= 0.3 is 0 Å². The van der Waals surface area contributed by atoms with Crippen LogP contribution in [0.4, 0.5) is 0 Å². The van der Waals surface area contributed by atoms with Crippen LogP contribution in [0.1, 0.15) is 105 Å². The zero-order valence-corrected chi connectivity index (χ0v) is 21.6. The van der Waals surface area contributed by atoms with Crippen LogP contribution in [-0.4, -0.2) is 23.2 Å².